The van der Waals surface area contributed by atoms with Crippen molar-refractivity contribution in [3.8, 4) is 0 Å². The molecule has 1 aromatic heterocycles. The van der Waals surface area contributed by atoms with Crippen LogP contribution >= 0.6 is 0 Å². The van der Waals surface area contributed by atoms with Gasteiger partial charge in [0, 0.05) is 19.2 Å². The Morgan fingerprint density at radius 3 is 2.71 bits per heavy atom. The number of aromatic nitrogens is 1. The summed E-state index contributed by atoms with van der Waals surface area (Å²) in [5, 5.41) is 2.74. The first-order valence-electron chi connectivity index (χ1n) is 4.47. The second kappa shape index (κ2) is 4.09. The molecule has 1 heterocycles. The molecule has 0 radical (unpaired) electrons. The number of rotatable bonds is 2. The summed E-state index contributed by atoms with van der Waals surface area (Å²) in [4.78, 5) is 14.9. The number of hydrogen-bond donors (Lipinski definition) is 2. The molecule has 1 aromatic rings. The molecule has 3 N–H and O–H groups in total. The maximum absolute atomic E-state index is 10.8. The molecule has 14 heavy (non-hydrogen) atoms. The lowest BCUT2D eigenvalue weighted by Gasteiger charge is -2.10. The Morgan fingerprint density at radius 1 is 1.57 bits per heavy atom. The van der Waals surface area contributed by atoms with Crippen molar-refractivity contribution in [2.75, 3.05) is 5.73 Å². The monoisotopic (exact) mass is 193 g/mol. The fourth-order valence-corrected chi connectivity index (χ4v) is 1.37. The fraction of sp³-hybridized carbons (Fsp3) is 0.400. The fourth-order valence-electron chi connectivity index (χ4n) is 1.37. The summed E-state index contributed by atoms with van der Waals surface area (Å²) in [6.45, 7) is 5.86. The van der Waals surface area contributed by atoms with Crippen molar-refractivity contribution < 1.29 is 4.79 Å². The van der Waals surface area contributed by atoms with Crippen LogP contribution in [0.1, 0.15) is 23.7 Å². The molecule has 4 heteroatoms. The zero-order chi connectivity index (χ0) is 10.7. The Labute approximate surface area is 83.5 Å². The van der Waals surface area contributed by atoms with Crippen LogP contribution in [-0.4, -0.2) is 10.9 Å². The van der Waals surface area contributed by atoms with Crippen molar-refractivity contribution in [2.45, 2.75) is 27.3 Å². The SMILES string of the molecule is CC(=O)NCc1c(C)cc(N)nc1C. The van der Waals surface area contributed by atoms with E-state index in [1.165, 1.54) is 6.92 Å². The van der Waals surface area contributed by atoms with E-state index in [0.717, 1.165) is 16.8 Å². The van der Waals surface area contributed by atoms with Gasteiger partial charge in [0.25, 0.3) is 0 Å². The molecule has 76 valence electrons. The number of aryl methyl sites for hydroxylation is 2. The van der Waals surface area contributed by atoms with E-state index in [4.69, 9.17) is 5.73 Å². The van der Waals surface area contributed by atoms with Crippen LogP contribution in [0, 0.1) is 13.8 Å². The summed E-state index contributed by atoms with van der Waals surface area (Å²) in [6, 6.07) is 1.81. The standard InChI is InChI=1S/C10H15N3O/c1-6-4-10(11)13-7(2)9(6)5-12-8(3)14/h4H,5H2,1-3H3,(H2,11,13)(H,12,14). The number of amides is 1. The number of nitrogens with zero attached hydrogens (tertiary/aromatic N) is 1. The average molecular weight is 193 g/mol. The predicted molar refractivity (Wildman–Crippen MR) is 55.6 cm³/mol. The summed E-state index contributed by atoms with van der Waals surface area (Å²) >= 11 is 0. The molecular weight excluding hydrogens is 178 g/mol. The van der Waals surface area contributed by atoms with Crippen LogP contribution < -0.4 is 11.1 Å². The Kier molecular flexibility index (Phi) is 3.06. The third-order valence-electron chi connectivity index (χ3n) is 2.09. The van der Waals surface area contributed by atoms with Crippen molar-refractivity contribution >= 4 is 11.7 Å². The Balaban J connectivity index is 2.91. The predicted octanol–water partition coefficient (Wildman–Crippen LogP) is 0.917. The van der Waals surface area contributed by atoms with E-state index in [-0.39, 0.29) is 5.91 Å². The lowest BCUT2D eigenvalue weighted by atomic mass is 10.1. The summed E-state index contributed by atoms with van der Waals surface area (Å²) in [5.74, 6) is 0.479. The van der Waals surface area contributed by atoms with E-state index in [1.807, 2.05) is 19.9 Å². The highest BCUT2D eigenvalue weighted by atomic mass is 16.1. The van der Waals surface area contributed by atoms with Crippen molar-refractivity contribution in [2.24, 2.45) is 0 Å². The zero-order valence-corrected chi connectivity index (χ0v) is 8.72. The van der Waals surface area contributed by atoms with E-state index in [0.29, 0.717) is 12.4 Å². The zero-order valence-electron chi connectivity index (χ0n) is 8.72. The van der Waals surface area contributed by atoms with Gasteiger partial charge in [-0.1, -0.05) is 0 Å². The van der Waals surface area contributed by atoms with Crippen LogP contribution in [0.5, 0.6) is 0 Å². The molecule has 0 aliphatic heterocycles. The maximum atomic E-state index is 10.8. The topological polar surface area (TPSA) is 68.0 Å². The molecule has 0 spiro atoms. The molecule has 1 rings (SSSR count). The molecule has 0 aliphatic carbocycles. The minimum atomic E-state index is -0.0411. The van der Waals surface area contributed by atoms with Gasteiger partial charge >= 0.3 is 0 Å². The molecule has 1 amide bonds. The number of anilines is 1. The molecule has 0 saturated carbocycles. The summed E-state index contributed by atoms with van der Waals surface area (Å²) in [6.07, 6.45) is 0. The highest BCUT2D eigenvalue weighted by Crippen LogP contribution is 2.13. The van der Waals surface area contributed by atoms with Crippen molar-refractivity contribution in [1.82, 2.24) is 10.3 Å². The molecule has 0 aliphatic rings. The summed E-state index contributed by atoms with van der Waals surface area (Å²) in [7, 11) is 0. The smallest absolute Gasteiger partial charge is 0.217 e. The number of nitrogens with one attached hydrogen (secondary N) is 1. The van der Waals surface area contributed by atoms with Crippen LogP contribution in [0.25, 0.3) is 0 Å². The van der Waals surface area contributed by atoms with E-state index in [9.17, 15) is 4.79 Å². The van der Waals surface area contributed by atoms with Crippen molar-refractivity contribution in [3.05, 3.63) is 22.9 Å². The van der Waals surface area contributed by atoms with Gasteiger partial charge in [0.2, 0.25) is 5.91 Å². The summed E-state index contributed by atoms with van der Waals surface area (Å²) < 4.78 is 0. The minimum Gasteiger partial charge on any atom is -0.384 e. The Hall–Kier alpha value is -1.58. The van der Waals surface area contributed by atoms with Gasteiger partial charge in [0.1, 0.15) is 5.82 Å². The molecular formula is C10H15N3O. The van der Waals surface area contributed by atoms with E-state index in [1.54, 1.807) is 0 Å². The first kappa shape index (κ1) is 10.5. The lowest BCUT2D eigenvalue weighted by molar-refractivity contribution is -0.119. The van der Waals surface area contributed by atoms with Gasteiger partial charge in [-0.25, -0.2) is 4.98 Å². The third kappa shape index (κ3) is 2.45. The van der Waals surface area contributed by atoms with Gasteiger partial charge in [0.05, 0.1) is 0 Å². The average Bonchev–Trinajstić information content (AvgIpc) is 2.01. The van der Waals surface area contributed by atoms with Crippen LogP contribution in [0.15, 0.2) is 6.07 Å². The molecule has 0 unspecified atom stereocenters. The molecule has 0 fully saturated rings. The van der Waals surface area contributed by atoms with Gasteiger partial charge in [-0.15, -0.1) is 0 Å². The normalized spacial score (nSPS) is 9.93. The van der Waals surface area contributed by atoms with Gasteiger partial charge < -0.3 is 11.1 Å². The van der Waals surface area contributed by atoms with E-state index >= 15 is 0 Å². The second-order valence-electron chi connectivity index (χ2n) is 3.34. The Bertz CT molecular complexity index is 337. The number of nitrogens with two attached hydrogens (primary N) is 1. The lowest BCUT2D eigenvalue weighted by Crippen LogP contribution is -2.20. The first-order valence-corrected chi connectivity index (χ1v) is 4.47. The number of hydrogen-bond acceptors (Lipinski definition) is 3. The number of pyridine rings is 1. The number of carbonyl (C=O) groups is 1. The van der Waals surface area contributed by atoms with Crippen LogP contribution in [-0.2, 0) is 11.3 Å². The number of nitrogen functional groups attached to an aromatic ring is 1. The molecule has 4 nitrogen and oxygen atoms in total. The quantitative estimate of drug-likeness (QED) is 0.733. The minimum absolute atomic E-state index is 0.0411. The third-order valence-corrected chi connectivity index (χ3v) is 2.09. The Morgan fingerprint density at radius 2 is 2.21 bits per heavy atom. The largest absolute Gasteiger partial charge is 0.384 e. The van der Waals surface area contributed by atoms with Crippen LogP contribution in [0.3, 0.4) is 0 Å². The van der Waals surface area contributed by atoms with Crippen LogP contribution in [0.4, 0.5) is 5.82 Å². The summed E-state index contributed by atoms with van der Waals surface area (Å²) in [5.41, 5.74) is 8.55. The molecule has 0 saturated heterocycles. The highest BCUT2D eigenvalue weighted by molar-refractivity contribution is 5.72. The van der Waals surface area contributed by atoms with E-state index < -0.39 is 0 Å². The molecule has 0 aromatic carbocycles. The first-order chi connectivity index (χ1) is 6.50. The van der Waals surface area contributed by atoms with Crippen LogP contribution in [0.2, 0.25) is 0 Å². The molecule has 0 bridgehead atoms. The van der Waals surface area contributed by atoms with E-state index in [2.05, 4.69) is 10.3 Å². The van der Waals surface area contributed by atoms with Crippen molar-refractivity contribution in [3.63, 3.8) is 0 Å². The molecule has 0 atom stereocenters. The maximum Gasteiger partial charge on any atom is 0.217 e. The van der Waals surface area contributed by atoms with Gasteiger partial charge in [-0.3, -0.25) is 4.79 Å². The second-order valence-corrected chi connectivity index (χ2v) is 3.34. The van der Waals surface area contributed by atoms with Gasteiger partial charge in [-0.2, -0.15) is 0 Å². The van der Waals surface area contributed by atoms with Gasteiger partial charge in [-0.05, 0) is 31.0 Å². The number of carbonyl (C=O) groups excluding carboxylic acids is 1. The van der Waals surface area contributed by atoms with Crippen molar-refractivity contribution in [1.29, 1.82) is 0 Å². The van der Waals surface area contributed by atoms with Gasteiger partial charge in [0.15, 0.2) is 0 Å². The highest BCUT2D eigenvalue weighted by Gasteiger charge is 2.05.